The van der Waals surface area contributed by atoms with E-state index in [2.05, 4.69) is 19.2 Å². The van der Waals surface area contributed by atoms with Gasteiger partial charge in [-0.25, -0.2) is 0 Å². The van der Waals surface area contributed by atoms with Gasteiger partial charge >= 0.3 is 0 Å². The Hall–Kier alpha value is -0.740. The van der Waals surface area contributed by atoms with Gasteiger partial charge in [-0.3, -0.25) is 9.59 Å². The second-order valence-corrected chi connectivity index (χ2v) is 12.0. The van der Waals surface area contributed by atoms with Crippen molar-refractivity contribution in [2.45, 2.75) is 78.1 Å². The van der Waals surface area contributed by atoms with E-state index in [1.165, 1.54) is 45.2 Å². The Balaban J connectivity index is 1.37. The van der Waals surface area contributed by atoms with Crippen LogP contribution in [-0.2, 0) is 9.59 Å². The third kappa shape index (κ3) is 3.07. The number of nitrogens with one attached hydrogen (secondary N) is 1. The molecule has 9 atom stereocenters. The molecule has 4 nitrogen and oxygen atoms in total. The lowest BCUT2D eigenvalue weighted by Crippen LogP contribution is -2.61. The molecule has 30 heavy (non-hydrogen) atoms. The van der Waals surface area contributed by atoms with Crippen molar-refractivity contribution in [2.75, 3.05) is 19.7 Å². The molecule has 0 aromatic heterocycles. The molecule has 0 aromatic rings. The van der Waals surface area contributed by atoms with Gasteiger partial charge in [0.2, 0.25) is 0 Å². The van der Waals surface area contributed by atoms with Crippen molar-refractivity contribution < 1.29 is 14.7 Å². The van der Waals surface area contributed by atoms with Crippen LogP contribution in [0, 0.1) is 52.3 Å². The molecule has 0 radical (unpaired) electrons. The molecule has 4 saturated carbocycles. The molecular formula is C26H41NO3. The van der Waals surface area contributed by atoms with E-state index in [1.54, 1.807) is 0 Å². The summed E-state index contributed by atoms with van der Waals surface area (Å²) in [5, 5.41) is 13.8. The second-order valence-electron chi connectivity index (χ2n) is 12.0. The third-order valence-corrected chi connectivity index (χ3v) is 10.9. The van der Waals surface area contributed by atoms with Gasteiger partial charge in [-0.2, -0.15) is 0 Å². The normalized spacial score (nSPS) is 50.8. The highest BCUT2D eigenvalue weighted by Crippen LogP contribution is 2.66. The van der Waals surface area contributed by atoms with Crippen LogP contribution in [0.2, 0.25) is 0 Å². The summed E-state index contributed by atoms with van der Waals surface area (Å²) in [7, 11) is 0. The summed E-state index contributed by atoms with van der Waals surface area (Å²) in [6, 6.07) is 0. The highest BCUT2D eigenvalue weighted by atomic mass is 16.3. The van der Waals surface area contributed by atoms with Gasteiger partial charge in [0.1, 0.15) is 11.6 Å². The largest absolute Gasteiger partial charge is 0.396 e. The van der Waals surface area contributed by atoms with E-state index < -0.39 is 0 Å². The highest BCUT2D eigenvalue weighted by Gasteiger charge is 2.65. The van der Waals surface area contributed by atoms with Crippen LogP contribution in [0.25, 0.3) is 0 Å². The number of aliphatic hydroxyl groups excluding tert-OH is 1. The fourth-order valence-electron chi connectivity index (χ4n) is 8.94. The van der Waals surface area contributed by atoms with Crippen LogP contribution < -0.4 is 5.32 Å². The molecule has 5 fully saturated rings. The van der Waals surface area contributed by atoms with E-state index in [4.69, 9.17) is 0 Å². The number of hydrogen-bond donors (Lipinski definition) is 2. The molecule has 1 heterocycles. The summed E-state index contributed by atoms with van der Waals surface area (Å²) < 4.78 is 0. The van der Waals surface area contributed by atoms with Crippen LogP contribution in [0.3, 0.4) is 0 Å². The molecule has 1 aliphatic heterocycles. The minimum atomic E-state index is -0.285. The molecule has 4 aliphatic carbocycles. The topological polar surface area (TPSA) is 66.4 Å². The number of carbonyl (C=O) groups is 2. The molecule has 2 N–H and O–H groups in total. The molecule has 0 spiro atoms. The van der Waals surface area contributed by atoms with E-state index >= 15 is 0 Å². The monoisotopic (exact) mass is 415 g/mol. The Morgan fingerprint density at radius 1 is 0.967 bits per heavy atom. The quantitative estimate of drug-likeness (QED) is 0.728. The first-order valence-electron chi connectivity index (χ1n) is 12.8. The van der Waals surface area contributed by atoms with E-state index in [0.29, 0.717) is 35.7 Å². The fraction of sp³-hybridized carbons (Fsp3) is 0.923. The second kappa shape index (κ2) is 7.69. The van der Waals surface area contributed by atoms with Gasteiger partial charge in [-0.15, -0.1) is 0 Å². The Kier molecular flexibility index (Phi) is 5.41. The maximum Gasteiger partial charge on any atom is 0.142 e. The van der Waals surface area contributed by atoms with Gasteiger partial charge in [0.15, 0.2) is 0 Å². The van der Waals surface area contributed by atoms with Crippen LogP contribution in [0.4, 0.5) is 0 Å². The lowest BCUT2D eigenvalue weighted by Gasteiger charge is -2.61. The van der Waals surface area contributed by atoms with Crippen molar-refractivity contribution >= 4 is 11.6 Å². The Morgan fingerprint density at radius 2 is 1.77 bits per heavy atom. The molecule has 0 amide bonds. The van der Waals surface area contributed by atoms with Crippen LogP contribution in [-0.4, -0.2) is 36.4 Å². The van der Waals surface area contributed by atoms with Crippen molar-refractivity contribution in [2.24, 2.45) is 52.3 Å². The first-order valence-corrected chi connectivity index (χ1v) is 12.8. The van der Waals surface area contributed by atoms with Crippen molar-refractivity contribution in [3.8, 4) is 0 Å². The number of ketones is 2. The van der Waals surface area contributed by atoms with Crippen LogP contribution in [0.1, 0.15) is 78.1 Å². The Morgan fingerprint density at radius 3 is 2.50 bits per heavy atom. The highest BCUT2D eigenvalue weighted by molar-refractivity contribution is 5.91. The summed E-state index contributed by atoms with van der Waals surface area (Å²) in [5.74, 6) is 3.02. The van der Waals surface area contributed by atoms with E-state index in [0.717, 1.165) is 31.6 Å². The zero-order valence-corrected chi connectivity index (χ0v) is 19.0. The number of Topliss-reactive ketones (excluding diaryl/α,β-unsaturated/α-hetero) is 2. The van der Waals surface area contributed by atoms with Gasteiger partial charge in [0, 0.05) is 23.7 Å². The zero-order chi connectivity index (χ0) is 21.1. The van der Waals surface area contributed by atoms with E-state index in [-0.39, 0.29) is 35.2 Å². The van der Waals surface area contributed by atoms with E-state index in [1.807, 2.05) is 0 Å². The molecule has 5 unspecified atom stereocenters. The molecule has 0 aromatic carbocycles. The smallest absolute Gasteiger partial charge is 0.142 e. The number of carbonyl (C=O) groups excluding carboxylic acids is 2. The maximum absolute atomic E-state index is 13.8. The molecule has 5 rings (SSSR count). The number of rotatable bonds is 4. The molecule has 5 aliphatic rings. The van der Waals surface area contributed by atoms with Gasteiger partial charge in [-0.05, 0) is 99.5 Å². The number of fused-ring (bicyclic) bond motifs is 5. The molecule has 0 bridgehead atoms. The molecular weight excluding hydrogens is 374 g/mol. The summed E-state index contributed by atoms with van der Waals surface area (Å²) in [6.07, 6.45) is 11.1. The van der Waals surface area contributed by atoms with E-state index in [9.17, 15) is 14.7 Å². The average molecular weight is 416 g/mol. The minimum Gasteiger partial charge on any atom is -0.396 e. The summed E-state index contributed by atoms with van der Waals surface area (Å²) in [5.41, 5.74) is -0.128. The van der Waals surface area contributed by atoms with Crippen molar-refractivity contribution in [1.82, 2.24) is 5.32 Å². The molecule has 168 valence electrons. The predicted octanol–water partition coefficient (Wildman–Crippen LogP) is 4.00. The van der Waals surface area contributed by atoms with Gasteiger partial charge < -0.3 is 10.4 Å². The van der Waals surface area contributed by atoms with Crippen molar-refractivity contribution in [1.29, 1.82) is 0 Å². The number of aliphatic hydroxyl groups is 1. The first kappa shape index (κ1) is 21.1. The van der Waals surface area contributed by atoms with Gasteiger partial charge in [-0.1, -0.05) is 20.3 Å². The summed E-state index contributed by atoms with van der Waals surface area (Å²) in [4.78, 5) is 26.5. The number of hydrogen-bond acceptors (Lipinski definition) is 4. The first-order chi connectivity index (χ1) is 14.4. The fourth-order valence-corrected chi connectivity index (χ4v) is 8.94. The Bertz CT molecular complexity index is 700. The SMILES string of the molecule is C[C@]12CC[C@H](CCC3CCNC3)CC1[C@@H](CO)C(=O)C1C2CC[C@]2(C)C(=O)CCC12. The Labute approximate surface area is 182 Å². The lowest BCUT2D eigenvalue weighted by atomic mass is 9.42. The van der Waals surface area contributed by atoms with Crippen LogP contribution in [0.15, 0.2) is 0 Å². The van der Waals surface area contributed by atoms with Crippen molar-refractivity contribution in [3.05, 3.63) is 0 Å². The van der Waals surface area contributed by atoms with Crippen LogP contribution in [0.5, 0.6) is 0 Å². The van der Waals surface area contributed by atoms with Gasteiger partial charge in [0.05, 0.1) is 6.61 Å². The third-order valence-electron chi connectivity index (χ3n) is 10.9. The maximum atomic E-state index is 13.8. The standard InChI is InChI=1S/C26H41NO3/c1-25-10-7-16(3-4-17-9-12-27-14-17)13-21(25)18(15-28)24(30)23-19-5-6-22(29)26(19,2)11-8-20(23)25/h16-21,23,27-28H,3-15H2,1-2H3/t16-,17?,18+,19?,20?,21?,23?,25+,26-/m0/s1. The molecule has 1 saturated heterocycles. The summed E-state index contributed by atoms with van der Waals surface area (Å²) >= 11 is 0. The van der Waals surface area contributed by atoms with Gasteiger partial charge in [0.25, 0.3) is 0 Å². The lowest BCUT2D eigenvalue weighted by molar-refractivity contribution is -0.172. The molecule has 4 heteroatoms. The summed E-state index contributed by atoms with van der Waals surface area (Å²) in [6.45, 7) is 6.92. The van der Waals surface area contributed by atoms with Crippen molar-refractivity contribution in [3.63, 3.8) is 0 Å². The predicted molar refractivity (Wildman–Crippen MR) is 117 cm³/mol. The zero-order valence-electron chi connectivity index (χ0n) is 19.0. The minimum absolute atomic E-state index is 0.00104. The van der Waals surface area contributed by atoms with Crippen LogP contribution >= 0.6 is 0 Å². The average Bonchev–Trinajstić information content (AvgIpc) is 3.36.